The van der Waals surface area contributed by atoms with Crippen molar-refractivity contribution in [2.45, 2.75) is 49.0 Å². The average molecular weight is 671 g/mol. The highest BCUT2D eigenvalue weighted by Crippen LogP contribution is 2.40. The fourth-order valence-corrected chi connectivity index (χ4v) is 7.04. The minimum atomic E-state index is -4.04. The molecule has 2 aliphatic heterocycles. The zero-order chi connectivity index (χ0) is 33.6. The molecule has 0 aromatic heterocycles. The number of carbonyl (C=O) groups excluding carboxylic acids is 2. The number of hydrogen-bond acceptors (Lipinski definition) is 9. The van der Waals surface area contributed by atoms with Gasteiger partial charge in [0.05, 0.1) is 23.9 Å². The lowest BCUT2D eigenvalue weighted by Crippen LogP contribution is -2.64. The molecule has 3 aromatic rings. The summed E-state index contributed by atoms with van der Waals surface area (Å²) in [6, 6.07) is 18.9. The Kier molecular flexibility index (Phi) is 10.4. The van der Waals surface area contributed by atoms with Gasteiger partial charge in [-0.2, -0.15) is 4.31 Å². The van der Waals surface area contributed by atoms with Crippen LogP contribution in [0.5, 0.6) is 5.75 Å². The second-order valence-electron chi connectivity index (χ2n) is 11.4. The van der Waals surface area contributed by atoms with Gasteiger partial charge in [0, 0.05) is 26.6 Å². The van der Waals surface area contributed by atoms with E-state index < -0.39 is 51.8 Å². The fraction of sp³-hybridized carbons (Fsp3) is 0.364. The van der Waals surface area contributed by atoms with Gasteiger partial charge in [-0.1, -0.05) is 42.5 Å². The Bertz CT molecular complexity index is 1670. The summed E-state index contributed by atoms with van der Waals surface area (Å²) in [6.07, 6.45) is -1.66. The van der Waals surface area contributed by atoms with Crippen LogP contribution in [0.4, 0.5) is 9.18 Å². The van der Waals surface area contributed by atoms with Crippen LogP contribution >= 0.6 is 0 Å². The van der Waals surface area contributed by atoms with Gasteiger partial charge in [-0.25, -0.2) is 22.4 Å². The number of alkyl carbamates (subject to hydrolysis) is 1. The van der Waals surface area contributed by atoms with Crippen LogP contribution < -0.4 is 10.1 Å². The number of carbonyl (C=O) groups is 3. The quantitative estimate of drug-likeness (QED) is 0.214. The van der Waals surface area contributed by atoms with E-state index in [-0.39, 0.29) is 30.3 Å². The van der Waals surface area contributed by atoms with E-state index in [1.807, 2.05) is 30.3 Å². The molecule has 2 unspecified atom stereocenters. The van der Waals surface area contributed by atoms with Gasteiger partial charge >= 0.3 is 18.0 Å². The highest BCUT2D eigenvalue weighted by atomic mass is 32.2. The first kappa shape index (κ1) is 33.8. The highest BCUT2D eigenvalue weighted by molar-refractivity contribution is 7.89. The van der Waals surface area contributed by atoms with E-state index in [9.17, 15) is 32.3 Å². The van der Waals surface area contributed by atoms with E-state index in [1.165, 1.54) is 53.7 Å². The molecule has 0 radical (unpaired) electrons. The van der Waals surface area contributed by atoms with Gasteiger partial charge in [0.25, 0.3) is 0 Å². The van der Waals surface area contributed by atoms with E-state index in [0.717, 1.165) is 5.56 Å². The third kappa shape index (κ3) is 8.25. The smallest absolute Gasteiger partial charge is 0.410 e. The minimum Gasteiger partial charge on any atom is -0.480 e. The summed E-state index contributed by atoms with van der Waals surface area (Å²) in [5.74, 6) is -2.34. The molecule has 47 heavy (non-hydrogen) atoms. The number of nitrogens with one attached hydrogen (secondary N) is 1. The van der Waals surface area contributed by atoms with Crippen LogP contribution in [0.2, 0.25) is 0 Å². The van der Waals surface area contributed by atoms with Crippen LogP contribution in [-0.4, -0.2) is 74.5 Å². The van der Waals surface area contributed by atoms with Crippen molar-refractivity contribution in [2.75, 3.05) is 26.3 Å². The number of hydrogen-bond donors (Lipinski definition) is 2. The molecule has 2 atom stereocenters. The Balaban J connectivity index is 1.23. The average Bonchev–Trinajstić information content (AvgIpc) is 3.04. The molecular formula is C33H35FN2O10S. The minimum absolute atomic E-state index is 0.0244. The van der Waals surface area contributed by atoms with Crippen LogP contribution in [0.15, 0.2) is 83.8 Å². The van der Waals surface area contributed by atoms with E-state index in [0.29, 0.717) is 37.4 Å². The lowest BCUT2D eigenvalue weighted by molar-refractivity contribution is -0.173. The third-order valence-electron chi connectivity index (χ3n) is 7.97. The van der Waals surface area contributed by atoms with Crippen molar-refractivity contribution >= 4 is 28.1 Å². The Hall–Kier alpha value is -4.53. The van der Waals surface area contributed by atoms with Crippen molar-refractivity contribution in [1.82, 2.24) is 9.62 Å². The van der Waals surface area contributed by atoms with Crippen molar-refractivity contribution in [3.63, 3.8) is 0 Å². The Morgan fingerprint density at radius 3 is 2.34 bits per heavy atom. The molecule has 1 amide bonds. The molecule has 2 N–H and O–H groups in total. The number of benzene rings is 3. The number of rotatable bonds is 12. The Labute approximate surface area is 271 Å². The first-order valence-corrected chi connectivity index (χ1v) is 16.5. The molecule has 12 nitrogen and oxygen atoms in total. The fourth-order valence-electron chi connectivity index (χ4n) is 5.43. The number of nitrogens with zero attached hydrogens (tertiary/aromatic N) is 1. The number of carboxylic acid groups (broad SMARTS) is 1. The molecule has 2 saturated heterocycles. The summed E-state index contributed by atoms with van der Waals surface area (Å²) in [5, 5.41) is 12.0. The molecule has 2 heterocycles. The molecule has 0 spiro atoms. The number of amides is 1. The van der Waals surface area contributed by atoms with Gasteiger partial charge in [-0.3, -0.25) is 4.79 Å². The molecule has 0 bridgehead atoms. The summed E-state index contributed by atoms with van der Waals surface area (Å²) < 4.78 is 63.8. The number of aliphatic carboxylic acids is 1. The molecule has 250 valence electrons. The lowest BCUT2D eigenvalue weighted by atomic mass is 9.87. The van der Waals surface area contributed by atoms with Crippen LogP contribution in [0.1, 0.15) is 30.9 Å². The van der Waals surface area contributed by atoms with Gasteiger partial charge in [-0.15, -0.1) is 0 Å². The van der Waals surface area contributed by atoms with E-state index in [1.54, 1.807) is 6.07 Å². The maximum atomic E-state index is 13.7. The van der Waals surface area contributed by atoms with E-state index >= 15 is 0 Å². The predicted molar refractivity (Wildman–Crippen MR) is 164 cm³/mol. The summed E-state index contributed by atoms with van der Waals surface area (Å²) >= 11 is 0. The van der Waals surface area contributed by atoms with Crippen molar-refractivity contribution in [3.05, 3.63) is 95.8 Å². The molecule has 2 fully saturated rings. The van der Waals surface area contributed by atoms with Gasteiger partial charge in [-0.05, 0) is 60.4 Å². The molecule has 0 aliphatic carbocycles. The SMILES string of the molecule is CC(OC(=O)NC(Cc1cccc(S(=O)(=O)N2CC(Oc3ccc(F)cc3)(c3ccccc3)C2)c1)C(=O)O)OC(=O)C1CCOCC1. The van der Waals surface area contributed by atoms with Crippen molar-refractivity contribution in [1.29, 1.82) is 0 Å². The second-order valence-corrected chi connectivity index (χ2v) is 13.3. The molecule has 14 heteroatoms. The van der Waals surface area contributed by atoms with Gasteiger partial charge in [0.15, 0.2) is 5.60 Å². The summed E-state index contributed by atoms with van der Waals surface area (Å²) in [5.41, 5.74) is 0.0632. The van der Waals surface area contributed by atoms with Crippen LogP contribution in [0.3, 0.4) is 0 Å². The van der Waals surface area contributed by atoms with Crippen LogP contribution in [-0.2, 0) is 45.8 Å². The molecule has 0 saturated carbocycles. The number of carboxylic acids is 1. The lowest BCUT2D eigenvalue weighted by Gasteiger charge is -2.48. The zero-order valence-electron chi connectivity index (χ0n) is 25.5. The number of esters is 1. The number of sulfonamides is 1. The monoisotopic (exact) mass is 670 g/mol. The summed E-state index contributed by atoms with van der Waals surface area (Å²) in [7, 11) is -4.04. The van der Waals surface area contributed by atoms with Crippen LogP contribution in [0, 0.1) is 11.7 Å². The largest absolute Gasteiger partial charge is 0.480 e. The molecule has 5 rings (SSSR count). The molecule has 3 aromatic carbocycles. The Morgan fingerprint density at radius 2 is 1.68 bits per heavy atom. The second kappa shape index (κ2) is 14.5. The van der Waals surface area contributed by atoms with E-state index in [2.05, 4.69) is 5.32 Å². The van der Waals surface area contributed by atoms with Crippen molar-refractivity contribution < 1.29 is 51.2 Å². The maximum Gasteiger partial charge on any atom is 0.410 e. The summed E-state index contributed by atoms with van der Waals surface area (Å²) in [6.45, 7) is 2.15. The zero-order valence-corrected chi connectivity index (χ0v) is 26.4. The topological polar surface area (TPSA) is 158 Å². The molecule has 2 aliphatic rings. The highest BCUT2D eigenvalue weighted by Gasteiger charge is 2.52. The van der Waals surface area contributed by atoms with Crippen molar-refractivity contribution in [3.8, 4) is 5.75 Å². The predicted octanol–water partition coefficient (Wildman–Crippen LogP) is 3.84. The Morgan fingerprint density at radius 1 is 1.00 bits per heavy atom. The first-order valence-electron chi connectivity index (χ1n) is 15.0. The maximum absolute atomic E-state index is 13.7. The van der Waals surface area contributed by atoms with Gasteiger partial charge in [0.2, 0.25) is 16.3 Å². The standard InChI is InChI=1S/C33H35FN2O10S/c1-22(44-31(39)24-14-16-43-17-15-24)45-32(40)35-29(30(37)38)19-23-6-5-9-28(18-23)47(41,42)36-20-33(21-36,25-7-3-2-4-8-25)46-27-12-10-26(34)11-13-27/h2-13,18,22,24,29H,14-17,19-21H2,1H3,(H,35,40)(H,37,38). The van der Waals surface area contributed by atoms with E-state index in [4.69, 9.17) is 18.9 Å². The molecular weight excluding hydrogens is 635 g/mol. The van der Waals surface area contributed by atoms with Crippen molar-refractivity contribution in [2.24, 2.45) is 5.92 Å². The number of halogens is 1. The number of ether oxygens (including phenoxy) is 4. The first-order chi connectivity index (χ1) is 22.4. The third-order valence-corrected chi connectivity index (χ3v) is 9.75. The van der Waals surface area contributed by atoms with Crippen LogP contribution in [0.25, 0.3) is 0 Å². The summed E-state index contributed by atoms with van der Waals surface area (Å²) in [4.78, 5) is 36.7. The normalized spacial score (nSPS) is 17.8. The van der Waals surface area contributed by atoms with Gasteiger partial charge in [0.1, 0.15) is 17.6 Å². The van der Waals surface area contributed by atoms with Gasteiger partial charge < -0.3 is 29.4 Å².